The molecule has 2 rings (SSSR count). The number of hydrogen-bond acceptors (Lipinski definition) is 3. The van der Waals surface area contributed by atoms with Crippen LogP contribution in [0.5, 0.6) is 0 Å². The summed E-state index contributed by atoms with van der Waals surface area (Å²) in [6, 6.07) is 0.244. The zero-order valence-electron chi connectivity index (χ0n) is 11.2. The van der Waals surface area contributed by atoms with Crippen LogP contribution in [0.1, 0.15) is 39.5 Å². The highest BCUT2D eigenvalue weighted by molar-refractivity contribution is 5.86. The van der Waals surface area contributed by atoms with Crippen LogP contribution < -0.4 is 5.32 Å². The molecule has 1 N–H and O–H groups in total. The van der Waals surface area contributed by atoms with Crippen LogP contribution in [-0.4, -0.2) is 48.7 Å². The van der Waals surface area contributed by atoms with Crippen molar-refractivity contribution in [3.63, 3.8) is 0 Å². The first-order valence-corrected chi connectivity index (χ1v) is 6.74. The fourth-order valence-electron chi connectivity index (χ4n) is 3.16. The maximum atomic E-state index is 12.6. The van der Waals surface area contributed by atoms with E-state index < -0.39 is 0 Å². The topological polar surface area (TPSA) is 41.6 Å². The summed E-state index contributed by atoms with van der Waals surface area (Å²) in [5, 5.41) is 3.41. The van der Waals surface area contributed by atoms with E-state index in [9.17, 15) is 4.79 Å². The second-order valence-electron chi connectivity index (χ2n) is 5.31. The number of nitrogens with one attached hydrogen (secondary N) is 1. The van der Waals surface area contributed by atoms with Crippen molar-refractivity contribution in [3.8, 4) is 0 Å². The minimum Gasteiger partial charge on any atom is -0.376 e. The fourth-order valence-corrected chi connectivity index (χ4v) is 3.16. The maximum absolute atomic E-state index is 12.6. The molecule has 2 heterocycles. The van der Waals surface area contributed by atoms with Crippen LogP contribution in [-0.2, 0) is 9.53 Å². The van der Waals surface area contributed by atoms with Crippen molar-refractivity contribution in [2.24, 2.45) is 0 Å². The number of amides is 1. The molecule has 0 aromatic carbocycles. The Hall–Kier alpha value is -0.610. The van der Waals surface area contributed by atoms with E-state index in [4.69, 9.17) is 4.74 Å². The molecule has 1 amide bonds. The number of hydrogen-bond donors (Lipinski definition) is 1. The van der Waals surface area contributed by atoms with Crippen molar-refractivity contribution in [1.82, 2.24) is 10.2 Å². The molecule has 2 saturated heterocycles. The van der Waals surface area contributed by atoms with Crippen LogP contribution in [0, 0.1) is 0 Å². The highest BCUT2D eigenvalue weighted by atomic mass is 16.5. The highest BCUT2D eigenvalue weighted by Crippen LogP contribution is 2.28. The van der Waals surface area contributed by atoms with E-state index in [1.54, 1.807) is 0 Å². The highest BCUT2D eigenvalue weighted by Gasteiger charge is 2.43. The monoisotopic (exact) mass is 240 g/mol. The lowest BCUT2D eigenvalue weighted by Gasteiger charge is -2.35. The van der Waals surface area contributed by atoms with Gasteiger partial charge in [0.15, 0.2) is 0 Å². The zero-order chi connectivity index (χ0) is 12.5. The molecule has 4 heteroatoms. The van der Waals surface area contributed by atoms with Gasteiger partial charge in [-0.15, -0.1) is 0 Å². The van der Waals surface area contributed by atoms with E-state index in [-0.39, 0.29) is 23.6 Å². The van der Waals surface area contributed by atoms with Gasteiger partial charge in [0.1, 0.15) is 0 Å². The molecule has 0 radical (unpaired) electrons. The third-order valence-electron chi connectivity index (χ3n) is 4.41. The van der Waals surface area contributed by atoms with Crippen LogP contribution in [0.2, 0.25) is 0 Å². The second-order valence-corrected chi connectivity index (χ2v) is 5.31. The van der Waals surface area contributed by atoms with Gasteiger partial charge in [0.25, 0.3) is 0 Å². The Morgan fingerprint density at radius 1 is 1.59 bits per heavy atom. The summed E-state index contributed by atoms with van der Waals surface area (Å²) in [5.74, 6) is 0.250. The van der Waals surface area contributed by atoms with Gasteiger partial charge in [-0.3, -0.25) is 4.79 Å². The molecule has 0 aromatic rings. The zero-order valence-corrected chi connectivity index (χ0v) is 11.2. The predicted molar refractivity (Wildman–Crippen MR) is 66.8 cm³/mol. The largest absolute Gasteiger partial charge is 0.376 e. The number of carbonyl (C=O) groups is 1. The average Bonchev–Trinajstić information content (AvgIpc) is 2.96. The standard InChI is InChI=1S/C13H24N2O2/c1-4-13(7-5-8-14-13)12(16)15(3)11-6-9-17-10(11)2/h10-11,14H,4-9H2,1-3H3. The summed E-state index contributed by atoms with van der Waals surface area (Å²) < 4.78 is 5.55. The molecule has 2 aliphatic rings. The predicted octanol–water partition coefficient (Wildman–Crippen LogP) is 1.15. The van der Waals surface area contributed by atoms with E-state index in [0.29, 0.717) is 0 Å². The molecule has 0 aromatic heterocycles. The molecule has 2 fully saturated rings. The van der Waals surface area contributed by atoms with Gasteiger partial charge < -0.3 is 15.0 Å². The van der Waals surface area contributed by atoms with Crippen molar-refractivity contribution in [2.75, 3.05) is 20.2 Å². The second kappa shape index (κ2) is 4.94. The number of rotatable bonds is 3. The summed E-state index contributed by atoms with van der Waals surface area (Å²) in [6.45, 7) is 5.89. The molecule has 0 spiro atoms. The first-order chi connectivity index (χ1) is 8.10. The first kappa shape index (κ1) is 12.8. The number of ether oxygens (including phenoxy) is 1. The summed E-state index contributed by atoms with van der Waals surface area (Å²) in [4.78, 5) is 14.6. The smallest absolute Gasteiger partial charge is 0.242 e. The maximum Gasteiger partial charge on any atom is 0.242 e. The molecule has 0 bridgehead atoms. The molecule has 2 aliphatic heterocycles. The van der Waals surface area contributed by atoms with Gasteiger partial charge in [-0.05, 0) is 39.2 Å². The Balaban J connectivity index is 2.07. The first-order valence-electron chi connectivity index (χ1n) is 6.74. The molecule has 3 atom stereocenters. The number of likely N-dealkylation sites (N-methyl/N-ethyl adjacent to an activating group) is 1. The van der Waals surface area contributed by atoms with Crippen LogP contribution in [0.25, 0.3) is 0 Å². The van der Waals surface area contributed by atoms with E-state index in [0.717, 1.165) is 38.8 Å². The van der Waals surface area contributed by atoms with Crippen molar-refractivity contribution in [2.45, 2.75) is 57.2 Å². The van der Waals surface area contributed by atoms with E-state index >= 15 is 0 Å². The van der Waals surface area contributed by atoms with Gasteiger partial charge in [0.2, 0.25) is 5.91 Å². The average molecular weight is 240 g/mol. The Morgan fingerprint density at radius 2 is 2.35 bits per heavy atom. The van der Waals surface area contributed by atoms with Gasteiger partial charge in [0, 0.05) is 13.7 Å². The van der Waals surface area contributed by atoms with Gasteiger partial charge in [0.05, 0.1) is 17.7 Å². The number of nitrogens with zero attached hydrogens (tertiary/aromatic N) is 1. The summed E-state index contributed by atoms with van der Waals surface area (Å²) in [7, 11) is 1.93. The van der Waals surface area contributed by atoms with Gasteiger partial charge >= 0.3 is 0 Å². The molecule has 3 unspecified atom stereocenters. The van der Waals surface area contributed by atoms with Crippen LogP contribution in [0.4, 0.5) is 0 Å². The SMILES string of the molecule is CCC1(C(=O)N(C)C2CCOC2C)CCCN1. The Kier molecular flexibility index (Phi) is 3.73. The minimum atomic E-state index is -0.308. The Morgan fingerprint density at radius 3 is 2.82 bits per heavy atom. The summed E-state index contributed by atoms with van der Waals surface area (Å²) in [5.41, 5.74) is -0.308. The molecule has 17 heavy (non-hydrogen) atoms. The Labute approximate surface area is 104 Å². The molecular formula is C13H24N2O2. The lowest BCUT2D eigenvalue weighted by Crippen LogP contribution is -2.56. The normalized spacial score (nSPS) is 37.4. The van der Waals surface area contributed by atoms with Crippen LogP contribution in [0.3, 0.4) is 0 Å². The van der Waals surface area contributed by atoms with Crippen molar-refractivity contribution < 1.29 is 9.53 Å². The fraction of sp³-hybridized carbons (Fsp3) is 0.923. The van der Waals surface area contributed by atoms with E-state index in [1.165, 1.54) is 0 Å². The van der Waals surface area contributed by atoms with Crippen molar-refractivity contribution >= 4 is 5.91 Å². The molecule has 0 aliphatic carbocycles. The summed E-state index contributed by atoms with van der Waals surface area (Å²) >= 11 is 0. The lowest BCUT2D eigenvalue weighted by atomic mass is 9.91. The van der Waals surface area contributed by atoms with Crippen molar-refractivity contribution in [3.05, 3.63) is 0 Å². The molecule has 0 saturated carbocycles. The van der Waals surface area contributed by atoms with Gasteiger partial charge in [-0.2, -0.15) is 0 Å². The van der Waals surface area contributed by atoms with Gasteiger partial charge in [-0.25, -0.2) is 0 Å². The molecule has 98 valence electrons. The van der Waals surface area contributed by atoms with Crippen molar-refractivity contribution in [1.29, 1.82) is 0 Å². The molecular weight excluding hydrogens is 216 g/mol. The van der Waals surface area contributed by atoms with E-state index in [2.05, 4.69) is 19.2 Å². The lowest BCUT2D eigenvalue weighted by molar-refractivity contribution is -0.139. The molecule has 4 nitrogen and oxygen atoms in total. The quantitative estimate of drug-likeness (QED) is 0.804. The summed E-state index contributed by atoms with van der Waals surface area (Å²) in [6.07, 6.45) is 4.07. The van der Waals surface area contributed by atoms with Crippen LogP contribution >= 0.6 is 0 Å². The Bertz CT molecular complexity index is 287. The third kappa shape index (κ3) is 2.20. The van der Waals surface area contributed by atoms with Crippen LogP contribution in [0.15, 0.2) is 0 Å². The number of carbonyl (C=O) groups excluding carboxylic acids is 1. The van der Waals surface area contributed by atoms with E-state index in [1.807, 2.05) is 11.9 Å². The third-order valence-corrected chi connectivity index (χ3v) is 4.41. The van der Waals surface area contributed by atoms with Gasteiger partial charge in [-0.1, -0.05) is 6.92 Å². The minimum absolute atomic E-state index is 0.166.